The first kappa shape index (κ1) is 30.8. The molecule has 0 spiro atoms. The number of amides is 3. The molecule has 1 aliphatic rings. The van der Waals surface area contributed by atoms with Crippen LogP contribution >= 0.6 is 0 Å². The molecule has 1 fully saturated rings. The summed E-state index contributed by atoms with van der Waals surface area (Å²) in [6.07, 6.45) is -2.14. The zero-order valence-corrected chi connectivity index (χ0v) is 23.8. The van der Waals surface area contributed by atoms with Crippen LogP contribution in [0.5, 0.6) is 0 Å². The topological polar surface area (TPSA) is 150 Å². The summed E-state index contributed by atoms with van der Waals surface area (Å²) in [4.78, 5) is 65.8. The number of nitrogens with zero attached hydrogens (tertiary/aromatic N) is 3. The molecule has 3 amide bonds. The number of carboxylic acid groups (broad SMARTS) is 1. The number of carbonyl (C=O) groups excluding carboxylic acids is 3. The van der Waals surface area contributed by atoms with Gasteiger partial charge in [0.05, 0.1) is 17.4 Å². The van der Waals surface area contributed by atoms with Crippen LogP contribution in [-0.2, 0) is 15.0 Å². The zero-order valence-electron chi connectivity index (χ0n) is 23.8. The number of hydrogen-bond acceptors (Lipinski definition) is 6. The van der Waals surface area contributed by atoms with Crippen molar-refractivity contribution in [1.82, 2.24) is 15.1 Å². The standard InChI is InChI=1S/C31H31FN4O7/c1-31(2,3)22-12-10-19(11-13-22)29(40)34-14-15-35(30(41)21-7-4-8-23(32)16-21)28(34)27(39)33-25(18-26(37)38)20-6-5-9-24(17-20)36(42)43/h4-13,16-17,25,28H,14-15,18H2,1-3H3,(H,33,39)(H,37,38). The van der Waals surface area contributed by atoms with Crippen molar-refractivity contribution < 1.29 is 33.6 Å². The normalized spacial score (nSPS) is 15.6. The van der Waals surface area contributed by atoms with Crippen LogP contribution < -0.4 is 5.32 Å². The Bertz CT molecular complexity index is 1570. The summed E-state index contributed by atoms with van der Waals surface area (Å²) in [5, 5.41) is 23.4. The highest BCUT2D eigenvalue weighted by molar-refractivity contribution is 6.02. The predicted octanol–water partition coefficient (Wildman–Crippen LogP) is 4.29. The molecule has 2 N–H and O–H groups in total. The van der Waals surface area contributed by atoms with Crippen LogP contribution in [-0.4, -0.2) is 62.8 Å². The molecular formula is C31H31FN4O7. The third-order valence-corrected chi connectivity index (χ3v) is 7.18. The molecule has 2 atom stereocenters. The Hall–Kier alpha value is -5.13. The highest BCUT2D eigenvalue weighted by atomic mass is 19.1. The number of aliphatic carboxylic acids is 1. The minimum Gasteiger partial charge on any atom is -0.481 e. The van der Waals surface area contributed by atoms with Crippen molar-refractivity contribution in [1.29, 1.82) is 0 Å². The summed E-state index contributed by atoms with van der Waals surface area (Å²) in [7, 11) is 0. The third-order valence-electron chi connectivity index (χ3n) is 7.18. The summed E-state index contributed by atoms with van der Waals surface area (Å²) < 4.78 is 14.0. The molecule has 0 aromatic heterocycles. The Morgan fingerprint density at radius 1 is 0.953 bits per heavy atom. The van der Waals surface area contributed by atoms with Crippen molar-refractivity contribution in [3.05, 3.63) is 111 Å². The number of benzene rings is 3. The van der Waals surface area contributed by atoms with E-state index in [0.29, 0.717) is 0 Å². The highest BCUT2D eigenvalue weighted by Crippen LogP contribution is 2.27. The van der Waals surface area contributed by atoms with Crippen molar-refractivity contribution in [2.75, 3.05) is 13.1 Å². The second-order valence-corrected chi connectivity index (χ2v) is 11.2. The molecule has 1 aliphatic heterocycles. The number of hydrogen-bond donors (Lipinski definition) is 2. The van der Waals surface area contributed by atoms with E-state index in [0.717, 1.165) is 28.7 Å². The lowest BCUT2D eigenvalue weighted by molar-refractivity contribution is -0.384. The first-order valence-electron chi connectivity index (χ1n) is 13.5. The van der Waals surface area contributed by atoms with Gasteiger partial charge < -0.3 is 20.2 Å². The summed E-state index contributed by atoms with van der Waals surface area (Å²) in [5.41, 5.74) is 0.894. The van der Waals surface area contributed by atoms with Gasteiger partial charge in [0.25, 0.3) is 23.4 Å². The number of carbonyl (C=O) groups is 4. The molecule has 2 unspecified atom stereocenters. The second kappa shape index (κ2) is 12.4. The largest absolute Gasteiger partial charge is 0.481 e. The quantitative estimate of drug-likeness (QED) is 0.294. The Kier molecular flexibility index (Phi) is 8.88. The number of nitrogens with one attached hydrogen (secondary N) is 1. The van der Waals surface area contributed by atoms with Crippen LogP contribution in [0, 0.1) is 15.9 Å². The first-order valence-corrected chi connectivity index (χ1v) is 13.5. The van der Waals surface area contributed by atoms with E-state index in [-0.39, 0.29) is 40.9 Å². The molecule has 1 heterocycles. The van der Waals surface area contributed by atoms with Gasteiger partial charge in [-0.1, -0.05) is 51.1 Å². The van der Waals surface area contributed by atoms with Crippen LogP contribution in [0.25, 0.3) is 0 Å². The van der Waals surface area contributed by atoms with Gasteiger partial charge in [-0.25, -0.2) is 4.39 Å². The first-order chi connectivity index (χ1) is 20.3. The average Bonchev–Trinajstić information content (AvgIpc) is 3.41. The monoisotopic (exact) mass is 590 g/mol. The van der Waals surface area contributed by atoms with E-state index in [1.165, 1.54) is 35.2 Å². The van der Waals surface area contributed by atoms with Gasteiger partial charge in [0.2, 0.25) is 0 Å². The maximum Gasteiger partial charge on any atom is 0.305 e. The molecule has 3 aromatic carbocycles. The van der Waals surface area contributed by atoms with Gasteiger partial charge in [-0.05, 0) is 46.9 Å². The van der Waals surface area contributed by atoms with E-state index in [9.17, 15) is 38.8 Å². The Morgan fingerprint density at radius 2 is 1.56 bits per heavy atom. The molecule has 12 heteroatoms. The van der Waals surface area contributed by atoms with Crippen LogP contribution in [0.2, 0.25) is 0 Å². The predicted molar refractivity (Wildman–Crippen MR) is 154 cm³/mol. The molecule has 3 aromatic rings. The van der Waals surface area contributed by atoms with Gasteiger partial charge in [0.1, 0.15) is 5.82 Å². The Morgan fingerprint density at radius 3 is 2.12 bits per heavy atom. The fraction of sp³-hybridized carbons (Fsp3) is 0.290. The lowest BCUT2D eigenvalue weighted by Crippen LogP contribution is -2.54. The van der Waals surface area contributed by atoms with E-state index in [1.807, 2.05) is 20.8 Å². The highest BCUT2D eigenvalue weighted by Gasteiger charge is 2.44. The van der Waals surface area contributed by atoms with Crippen LogP contribution in [0.3, 0.4) is 0 Å². The molecule has 0 saturated carbocycles. The number of carboxylic acids is 1. The molecule has 4 rings (SSSR count). The summed E-state index contributed by atoms with van der Waals surface area (Å²) in [6.45, 7) is 5.99. The second-order valence-electron chi connectivity index (χ2n) is 11.2. The van der Waals surface area contributed by atoms with Gasteiger partial charge >= 0.3 is 5.97 Å². The van der Waals surface area contributed by atoms with Gasteiger partial charge in [-0.2, -0.15) is 0 Å². The van der Waals surface area contributed by atoms with Gasteiger partial charge in [-0.15, -0.1) is 0 Å². The van der Waals surface area contributed by atoms with E-state index in [4.69, 9.17) is 0 Å². The SMILES string of the molecule is CC(C)(C)c1ccc(C(=O)N2CCN(C(=O)c3cccc(F)c3)C2C(=O)NC(CC(=O)O)c2cccc([N+](=O)[O-])c2)cc1. The van der Waals surface area contributed by atoms with Gasteiger partial charge in [0, 0.05) is 36.3 Å². The number of rotatable bonds is 8. The maximum absolute atomic E-state index is 14.0. The minimum atomic E-state index is -1.51. The molecule has 0 aliphatic carbocycles. The number of non-ortho nitro benzene ring substituents is 1. The Balaban J connectivity index is 1.70. The molecule has 0 bridgehead atoms. The molecule has 0 radical (unpaired) electrons. The molecule has 11 nitrogen and oxygen atoms in total. The Labute approximate surface area is 247 Å². The van der Waals surface area contributed by atoms with Gasteiger partial charge in [0.15, 0.2) is 6.17 Å². The summed E-state index contributed by atoms with van der Waals surface area (Å²) >= 11 is 0. The average molecular weight is 591 g/mol. The van der Waals surface area contributed by atoms with Crippen molar-refractivity contribution in [2.45, 2.75) is 44.8 Å². The van der Waals surface area contributed by atoms with Crippen LogP contribution in [0.15, 0.2) is 72.8 Å². The lowest BCUT2D eigenvalue weighted by Gasteiger charge is -2.31. The van der Waals surface area contributed by atoms with Crippen molar-refractivity contribution in [2.24, 2.45) is 0 Å². The molecule has 1 saturated heterocycles. The number of nitro benzene ring substituents is 1. The van der Waals surface area contributed by atoms with E-state index < -0.39 is 53.1 Å². The fourth-order valence-corrected chi connectivity index (χ4v) is 4.93. The fourth-order valence-electron chi connectivity index (χ4n) is 4.93. The third kappa shape index (κ3) is 7.03. The molecule has 43 heavy (non-hydrogen) atoms. The summed E-state index contributed by atoms with van der Waals surface area (Å²) in [6, 6.07) is 15.7. The molecular weight excluding hydrogens is 559 g/mol. The van der Waals surface area contributed by atoms with Crippen molar-refractivity contribution >= 4 is 29.4 Å². The zero-order chi connectivity index (χ0) is 31.5. The van der Waals surface area contributed by atoms with E-state index in [2.05, 4.69) is 5.32 Å². The van der Waals surface area contributed by atoms with Crippen LogP contribution in [0.4, 0.5) is 10.1 Å². The van der Waals surface area contributed by atoms with Gasteiger partial charge in [-0.3, -0.25) is 29.3 Å². The van der Waals surface area contributed by atoms with Crippen molar-refractivity contribution in [3.8, 4) is 0 Å². The van der Waals surface area contributed by atoms with Crippen LogP contribution in [0.1, 0.15) is 65.1 Å². The van der Waals surface area contributed by atoms with E-state index >= 15 is 0 Å². The number of nitro groups is 1. The van der Waals surface area contributed by atoms with Crippen molar-refractivity contribution in [3.63, 3.8) is 0 Å². The number of halogens is 1. The van der Waals surface area contributed by atoms with E-state index in [1.54, 1.807) is 24.3 Å². The summed E-state index contributed by atoms with van der Waals surface area (Å²) in [5.74, 6) is -4.07. The smallest absolute Gasteiger partial charge is 0.305 e. The molecule has 224 valence electrons. The maximum atomic E-state index is 14.0. The lowest BCUT2D eigenvalue weighted by atomic mass is 9.86. The minimum absolute atomic E-state index is 0.0284.